The summed E-state index contributed by atoms with van der Waals surface area (Å²) >= 11 is 5.03. The summed E-state index contributed by atoms with van der Waals surface area (Å²) in [6.45, 7) is 2.08. The van der Waals surface area contributed by atoms with Crippen molar-refractivity contribution < 1.29 is 9.53 Å². The molecule has 2 aromatic rings. The first kappa shape index (κ1) is 19.8. The first-order valence-corrected chi connectivity index (χ1v) is 10.7. The number of carbonyl (C=O) groups excluding carboxylic acids is 1. The van der Waals surface area contributed by atoms with Gasteiger partial charge in [0.1, 0.15) is 24.3 Å². The van der Waals surface area contributed by atoms with Gasteiger partial charge < -0.3 is 10.1 Å². The summed E-state index contributed by atoms with van der Waals surface area (Å²) < 4.78 is 6.65. The van der Waals surface area contributed by atoms with E-state index in [1.54, 1.807) is 18.3 Å². The number of amides is 1. The van der Waals surface area contributed by atoms with Gasteiger partial charge >= 0.3 is 0 Å². The van der Waals surface area contributed by atoms with E-state index in [0.717, 1.165) is 34.6 Å². The zero-order valence-corrected chi connectivity index (χ0v) is 18.0. The van der Waals surface area contributed by atoms with Gasteiger partial charge in [-0.05, 0) is 52.9 Å². The fourth-order valence-corrected chi connectivity index (χ4v) is 5.70. The van der Waals surface area contributed by atoms with Gasteiger partial charge in [0.15, 0.2) is 0 Å². The van der Waals surface area contributed by atoms with Crippen molar-refractivity contribution in [1.82, 2.24) is 4.98 Å². The molecular weight excluding hydrogens is 456 g/mol. The van der Waals surface area contributed by atoms with Crippen LogP contribution in [0.3, 0.4) is 0 Å². The van der Waals surface area contributed by atoms with Crippen LogP contribution in [0.25, 0.3) is 10.4 Å². The molecule has 4 rings (SSSR count). The van der Waals surface area contributed by atoms with E-state index in [1.165, 1.54) is 24.6 Å². The number of rotatable bonds is 4. The number of thiophene rings is 1. The van der Waals surface area contributed by atoms with Gasteiger partial charge in [0.25, 0.3) is 0 Å². The third-order valence-electron chi connectivity index (χ3n) is 4.77. The number of nitrogens with zero attached hydrogens (tertiary/aromatic N) is 5. The van der Waals surface area contributed by atoms with Gasteiger partial charge in [-0.2, -0.15) is 5.26 Å². The number of aliphatic imine (C=N–C) groups is 1. The van der Waals surface area contributed by atoms with Crippen LogP contribution in [0, 0.1) is 11.3 Å². The summed E-state index contributed by atoms with van der Waals surface area (Å²) in [6, 6.07) is 5.82. The Labute approximate surface area is 179 Å². The molecule has 1 amide bonds. The van der Waals surface area contributed by atoms with Gasteiger partial charge in [-0.15, -0.1) is 21.6 Å². The molecule has 2 aromatic heterocycles. The number of ether oxygens (including phenoxy) is 1. The number of hydrogen-bond acceptors (Lipinski definition) is 8. The highest BCUT2D eigenvalue weighted by atomic mass is 79.9. The topological polar surface area (TPSA) is 112 Å². The minimum Gasteiger partial charge on any atom is -0.373 e. The van der Waals surface area contributed by atoms with Gasteiger partial charge in [0, 0.05) is 19.7 Å². The van der Waals surface area contributed by atoms with Gasteiger partial charge in [0.2, 0.25) is 11.6 Å². The smallest absolute Gasteiger partial charge is 0.233 e. The normalized spacial score (nSPS) is 23.1. The molecule has 8 nitrogen and oxygen atoms in total. The number of nitriles is 1. The predicted molar refractivity (Wildman–Crippen MR) is 113 cm³/mol. The molecule has 0 radical (unpaired) electrons. The van der Waals surface area contributed by atoms with Gasteiger partial charge in [0.05, 0.1) is 19.8 Å². The molecule has 2 aliphatic rings. The van der Waals surface area contributed by atoms with Crippen LogP contribution in [0.5, 0.6) is 0 Å². The van der Waals surface area contributed by atoms with E-state index in [-0.39, 0.29) is 12.0 Å². The molecule has 1 saturated heterocycles. The molecule has 0 aromatic carbocycles. The van der Waals surface area contributed by atoms with Crippen LogP contribution >= 0.6 is 27.3 Å². The number of hydrogen-bond donors (Lipinski definition) is 1. The van der Waals surface area contributed by atoms with E-state index in [0.29, 0.717) is 22.5 Å². The molecule has 148 valence electrons. The third-order valence-corrected chi connectivity index (χ3v) is 7.18. The van der Waals surface area contributed by atoms with Crippen LogP contribution in [0.2, 0.25) is 0 Å². The van der Waals surface area contributed by atoms with E-state index in [9.17, 15) is 10.1 Å². The minimum absolute atomic E-state index is 0.211. The number of azo groups is 1. The summed E-state index contributed by atoms with van der Waals surface area (Å²) in [7, 11) is 0. The lowest BCUT2D eigenvalue weighted by molar-refractivity contribution is -0.114. The molecule has 2 unspecified atom stereocenters. The fraction of sp³-hybridized carbons (Fsp3) is 0.368. The molecule has 4 heterocycles. The van der Waals surface area contributed by atoms with Crippen molar-refractivity contribution in [3.8, 4) is 16.5 Å². The Hall–Kier alpha value is -2.48. The molecular formula is C19H17BrN6O2S. The second kappa shape index (κ2) is 8.10. The quantitative estimate of drug-likeness (QED) is 0.698. The van der Waals surface area contributed by atoms with Crippen molar-refractivity contribution in [2.75, 3.05) is 11.9 Å². The lowest BCUT2D eigenvalue weighted by atomic mass is 9.95. The number of pyridine rings is 1. The van der Waals surface area contributed by atoms with Crippen LogP contribution in [-0.2, 0) is 15.2 Å². The standard InChI is InChI=1S/C19H17BrN6O2S/c1-11(27)25-15-8-12(5-6-22-15)17-13(9-21)16(20)18(29-17)19(23-10-24-26-19)14-4-2-3-7-28-14/h5-6,8,10,14H,2-4,7H2,1H3,(H,22,25,27). The molecule has 0 spiro atoms. The zero-order chi connectivity index (χ0) is 20.4. The molecule has 1 N–H and O–H groups in total. The van der Waals surface area contributed by atoms with Crippen LogP contribution in [-0.4, -0.2) is 29.9 Å². The van der Waals surface area contributed by atoms with Gasteiger partial charge in [-0.25, -0.2) is 9.98 Å². The molecule has 10 heteroatoms. The molecule has 0 bridgehead atoms. The number of nitrogens with one attached hydrogen (secondary N) is 1. The summed E-state index contributed by atoms with van der Waals surface area (Å²) in [5, 5.41) is 21.0. The van der Waals surface area contributed by atoms with Gasteiger partial charge in [-0.3, -0.25) is 4.79 Å². The average molecular weight is 473 g/mol. The summed E-state index contributed by atoms with van der Waals surface area (Å²) in [4.78, 5) is 21.6. The minimum atomic E-state index is -0.985. The van der Waals surface area contributed by atoms with E-state index in [1.807, 2.05) is 0 Å². The van der Waals surface area contributed by atoms with Crippen molar-refractivity contribution in [1.29, 1.82) is 5.26 Å². The number of carbonyl (C=O) groups is 1. The second-order valence-electron chi connectivity index (χ2n) is 6.71. The van der Waals surface area contributed by atoms with Crippen molar-refractivity contribution in [3.05, 3.63) is 33.2 Å². The van der Waals surface area contributed by atoms with Crippen LogP contribution < -0.4 is 5.32 Å². The maximum atomic E-state index is 11.4. The maximum absolute atomic E-state index is 11.4. The van der Waals surface area contributed by atoms with E-state index in [2.05, 4.69) is 47.5 Å². The molecule has 0 aliphatic carbocycles. The average Bonchev–Trinajstić information content (AvgIpc) is 3.34. The van der Waals surface area contributed by atoms with Crippen LogP contribution in [0.4, 0.5) is 5.82 Å². The summed E-state index contributed by atoms with van der Waals surface area (Å²) in [5.74, 6) is 0.214. The molecule has 1 fully saturated rings. The van der Waals surface area contributed by atoms with Crippen LogP contribution in [0.15, 0.2) is 38.0 Å². The van der Waals surface area contributed by atoms with Crippen molar-refractivity contribution in [2.24, 2.45) is 15.2 Å². The number of aromatic nitrogens is 1. The van der Waals surface area contributed by atoms with Crippen LogP contribution in [0.1, 0.15) is 36.6 Å². The molecule has 0 saturated carbocycles. The lowest BCUT2D eigenvalue weighted by Gasteiger charge is -2.33. The van der Waals surface area contributed by atoms with Crippen molar-refractivity contribution >= 4 is 45.3 Å². The Morgan fingerprint density at radius 3 is 3.00 bits per heavy atom. The highest BCUT2D eigenvalue weighted by Crippen LogP contribution is 2.50. The Morgan fingerprint density at radius 2 is 2.34 bits per heavy atom. The van der Waals surface area contributed by atoms with E-state index >= 15 is 0 Å². The van der Waals surface area contributed by atoms with Crippen molar-refractivity contribution in [2.45, 2.75) is 38.0 Å². The molecule has 29 heavy (non-hydrogen) atoms. The lowest BCUT2D eigenvalue weighted by Crippen LogP contribution is -2.39. The zero-order valence-electron chi connectivity index (χ0n) is 15.6. The molecule has 2 atom stereocenters. The van der Waals surface area contributed by atoms with E-state index in [4.69, 9.17) is 4.74 Å². The SMILES string of the molecule is CC(=O)Nc1cc(-c2sc(C3(C4CCCCO4)N=CN=N3)c(Br)c2C#N)ccn1. The Kier molecular flexibility index (Phi) is 5.54. The second-order valence-corrected chi connectivity index (χ2v) is 8.53. The summed E-state index contributed by atoms with van der Waals surface area (Å²) in [5.41, 5.74) is 0.273. The van der Waals surface area contributed by atoms with E-state index < -0.39 is 5.66 Å². The first-order valence-electron chi connectivity index (χ1n) is 9.09. The number of halogens is 1. The maximum Gasteiger partial charge on any atom is 0.233 e. The highest BCUT2D eigenvalue weighted by Gasteiger charge is 2.47. The summed E-state index contributed by atoms with van der Waals surface area (Å²) in [6.07, 6.45) is 5.67. The predicted octanol–water partition coefficient (Wildman–Crippen LogP) is 4.62. The largest absolute Gasteiger partial charge is 0.373 e. The van der Waals surface area contributed by atoms with Crippen molar-refractivity contribution in [3.63, 3.8) is 0 Å². The first-order chi connectivity index (χ1) is 14.0. The third kappa shape index (κ3) is 3.61. The highest BCUT2D eigenvalue weighted by molar-refractivity contribution is 9.10. The Balaban J connectivity index is 1.82. The monoisotopic (exact) mass is 472 g/mol. The Morgan fingerprint density at radius 1 is 1.48 bits per heavy atom. The van der Waals surface area contributed by atoms with Gasteiger partial charge in [-0.1, -0.05) is 0 Å². The number of anilines is 1. The fourth-order valence-electron chi connectivity index (χ4n) is 3.48. The molecule has 2 aliphatic heterocycles. The Bertz CT molecular complexity index is 1040.